The van der Waals surface area contributed by atoms with E-state index in [4.69, 9.17) is 0 Å². The first-order valence-corrected chi connectivity index (χ1v) is 11.0. The number of fused-ring (bicyclic) bond motifs is 5. The largest absolute Gasteiger partial charge is 0.508 e. The van der Waals surface area contributed by atoms with Gasteiger partial charge in [-0.25, -0.2) is 0 Å². The Kier molecular flexibility index (Phi) is 3.90. The lowest BCUT2D eigenvalue weighted by molar-refractivity contribution is -0.136. The van der Waals surface area contributed by atoms with Gasteiger partial charge in [0.05, 0.1) is 0 Å². The number of piperidine rings is 1. The molecule has 7 atom stereocenters. The van der Waals surface area contributed by atoms with Gasteiger partial charge >= 0.3 is 0 Å². The molecule has 2 N–H and O–H groups in total. The number of phenolic OH excluding ortho intramolecular Hbond substituents is 1. The molecule has 4 fully saturated rings. The summed E-state index contributed by atoms with van der Waals surface area (Å²) < 4.78 is 0. The summed E-state index contributed by atoms with van der Waals surface area (Å²) >= 11 is 0. The zero-order chi connectivity index (χ0) is 18.8. The Morgan fingerprint density at radius 2 is 1.67 bits per heavy atom. The summed E-state index contributed by atoms with van der Waals surface area (Å²) in [5.41, 5.74) is 2.11. The van der Waals surface area contributed by atoms with Crippen LogP contribution in [0.15, 0.2) is 24.3 Å². The molecule has 0 spiro atoms. The van der Waals surface area contributed by atoms with Crippen molar-refractivity contribution in [3.8, 4) is 5.75 Å². The van der Waals surface area contributed by atoms with Crippen LogP contribution in [0.1, 0.15) is 76.7 Å². The molecule has 3 aliphatic carbocycles. The molecule has 1 aromatic carbocycles. The zero-order valence-corrected chi connectivity index (χ0v) is 16.7. The maximum absolute atomic E-state index is 11.9. The summed E-state index contributed by atoms with van der Waals surface area (Å²) in [6.45, 7) is 5.03. The number of benzene rings is 1. The van der Waals surface area contributed by atoms with Crippen molar-refractivity contribution < 1.29 is 9.90 Å². The summed E-state index contributed by atoms with van der Waals surface area (Å²) in [5, 5.41) is 13.0. The van der Waals surface area contributed by atoms with E-state index in [0.29, 0.717) is 35.0 Å². The van der Waals surface area contributed by atoms with Crippen LogP contribution in [0.25, 0.3) is 0 Å². The third-order valence-corrected chi connectivity index (χ3v) is 9.39. The Morgan fingerprint density at radius 1 is 0.926 bits per heavy atom. The maximum Gasteiger partial charge on any atom is 0.220 e. The van der Waals surface area contributed by atoms with Gasteiger partial charge in [0.1, 0.15) is 5.75 Å². The predicted molar refractivity (Wildman–Crippen MR) is 106 cm³/mol. The monoisotopic (exact) mass is 367 g/mol. The molecule has 3 heteroatoms. The van der Waals surface area contributed by atoms with Crippen LogP contribution in [0.3, 0.4) is 0 Å². The highest BCUT2D eigenvalue weighted by molar-refractivity contribution is 5.77. The maximum atomic E-state index is 11.9. The average molecular weight is 368 g/mol. The normalized spacial score (nSPS) is 46.1. The van der Waals surface area contributed by atoms with Crippen molar-refractivity contribution in [1.82, 2.24) is 5.32 Å². The Bertz CT molecular complexity index is 743. The lowest BCUT2D eigenvalue weighted by Gasteiger charge is -2.60. The van der Waals surface area contributed by atoms with Crippen molar-refractivity contribution in [2.24, 2.45) is 28.6 Å². The van der Waals surface area contributed by atoms with Crippen LogP contribution < -0.4 is 5.32 Å². The minimum Gasteiger partial charge on any atom is -0.508 e. The van der Waals surface area contributed by atoms with Crippen molar-refractivity contribution in [2.75, 3.05) is 0 Å². The van der Waals surface area contributed by atoms with Crippen molar-refractivity contribution in [1.29, 1.82) is 0 Å². The highest BCUT2D eigenvalue weighted by Gasteiger charge is 2.60. The molecule has 0 bridgehead atoms. The van der Waals surface area contributed by atoms with Gasteiger partial charge < -0.3 is 10.4 Å². The van der Waals surface area contributed by atoms with Crippen LogP contribution in [0.5, 0.6) is 5.75 Å². The van der Waals surface area contributed by atoms with Gasteiger partial charge in [0.25, 0.3) is 0 Å². The van der Waals surface area contributed by atoms with E-state index < -0.39 is 0 Å². The van der Waals surface area contributed by atoms with E-state index in [1.54, 1.807) is 0 Å². The van der Waals surface area contributed by atoms with Crippen LogP contribution >= 0.6 is 0 Å². The van der Waals surface area contributed by atoms with E-state index in [1.165, 1.54) is 44.1 Å². The van der Waals surface area contributed by atoms with Gasteiger partial charge in [0.15, 0.2) is 0 Å². The molecule has 4 aliphatic rings. The molecular formula is C24H33NO2. The first kappa shape index (κ1) is 17.6. The molecule has 1 amide bonds. The number of amides is 1. The van der Waals surface area contributed by atoms with Gasteiger partial charge in [-0.2, -0.15) is 0 Å². The molecule has 1 heterocycles. The Hall–Kier alpha value is -1.51. The van der Waals surface area contributed by atoms with Crippen molar-refractivity contribution in [3.63, 3.8) is 0 Å². The number of hydrogen-bond donors (Lipinski definition) is 2. The van der Waals surface area contributed by atoms with Crippen molar-refractivity contribution in [3.05, 3.63) is 29.8 Å². The van der Waals surface area contributed by atoms with Gasteiger partial charge in [-0.3, -0.25) is 4.79 Å². The summed E-state index contributed by atoms with van der Waals surface area (Å²) in [7, 11) is 0. The molecule has 27 heavy (non-hydrogen) atoms. The fourth-order valence-corrected chi connectivity index (χ4v) is 7.96. The third-order valence-electron chi connectivity index (χ3n) is 9.39. The van der Waals surface area contributed by atoms with Gasteiger partial charge in [-0.1, -0.05) is 26.0 Å². The van der Waals surface area contributed by atoms with E-state index in [0.717, 1.165) is 24.2 Å². The van der Waals surface area contributed by atoms with Crippen LogP contribution in [0.2, 0.25) is 0 Å². The SMILES string of the molecule is C[C@]12CCC(=O)NC1CC[C@@H]1[C@H]2CC[C@]2(C)C(c3ccc(O)cc3)CC[C@@H]12. The van der Waals surface area contributed by atoms with Gasteiger partial charge in [-0.05, 0) is 97.1 Å². The summed E-state index contributed by atoms with van der Waals surface area (Å²) in [6, 6.07) is 8.41. The highest BCUT2D eigenvalue weighted by Crippen LogP contribution is 2.67. The molecule has 146 valence electrons. The molecular weight excluding hydrogens is 334 g/mol. The first-order chi connectivity index (χ1) is 12.9. The van der Waals surface area contributed by atoms with Crippen LogP contribution in [-0.4, -0.2) is 17.1 Å². The van der Waals surface area contributed by atoms with Gasteiger partial charge in [-0.15, -0.1) is 0 Å². The lowest BCUT2D eigenvalue weighted by Crippen LogP contribution is -2.60. The predicted octanol–water partition coefficient (Wildman–Crippen LogP) is 5.00. The number of phenols is 1. The standard InChI is InChI=1S/C24H33NO2/c1-23-13-11-20-17(7-10-21-24(20,2)14-12-22(27)25-21)19(23)9-8-18(23)15-3-5-16(26)6-4-15/h3-6,17-21,26H,7-14H2,1-2H3,(H,25,27)/t17-,18?,19-,20+,21?,23+,24+/m0/s1. The summed E-state index contributed by atoms with van der Waals surface area (Å²) in [5.74, 6) is 3.67. The molecule has 0 aromatic heterocycles. The topological polar surface area (TPSA) is 49.3 Å². The quantitative estimate of drug-likeness (QED) is 0.734. The molecule has 3 saturated carbocycles. The minimum absolute atomic E-state index is 0.268. The number of hydrogen-bond acceptors (Lipinski definition) is 2. The Morgan fingerprint density at radius 3 is 2.44 bits per heavy atom. The van der Waals surface area contributed by atoms with Gasteiger partial charge in [0, 0.05) is 12.5 Å². The van der Waals surface area contributed by atoms with Crippen molar-refractivity contribution in [2.45, 2.75) is 77.2 Å². The molecule has 2 unspecified atom stereocenters. The number of nitrogens with one attached hydrogen (secondary N) is 1. The van der Waals surface area contributed by atoms with E-state index in [-0.39, 0.29) is 5.91 Å². The summed E-state index contributed by atoms with van der Waals surface area (Å²) in [4.78, 5) is 11.9. The minimum atomic E-state index is 0.268. The fourth-order valence-electron chi connectivity index (χ4n) is 7.96. The Balaban J connectivity index is 1.43. The van der Waals surface area contributed by atoms with Crippen LogP contribution in [-0.2, 0) is 4.79 Å². The smallest absolute Gasteiger partial charge is 0.220 e. The van der Waals surface area contributed by atoms with Crippen molar-refractivity contribution >= 4 is 5.91 Å². The lowest BCUT2D eigenvalue weighted by atomic mass is 9.47. The Labute approximate surface area is 162 Å². The van der Waals surface area contributed by atoms with Crippen LogP contribution in [0, 0.1) is 28.6 Å². The van der Waals surface area contributed by atoms with E-state index in [9.17, 15) is 9.90 Å². The number of rotatable bonds is 1. The van der Waals surface area contributed by atoms with E-state index in [2.05, 4.69) is 31.3 Å². The molecule has 1 aliphatic heterocycles. The molecule has 5 rings (SSSR count). The van der Waals surface area contributed by atoms with Gasteiger partial charge in [0.2, 0.25) is 5.91 Å². The zero-order valence-electron chi connectivity index (χ0n) is 16.7. The highest BCUT2D eigenvalue weighted by atomic mass is 16.3. The van der Waals surface area contributed by atoms with Crippen LogP contribution in [0.4, 0.5) is 0 Å². The average Bonchev–Trinajstić information content (AvgIpc) is 3.00. The first-order valence-electron chi connectivity index (χ1n) is 11.0. The number of carbonyl (C=O) groups is 1. The molecule has 0 radical (unpaired) electrons. The fraction of sp³-hybridized carbons (Fsp3) is 0.708. The molecule has 3 nitrogen and oxygen atoms in total. The molecule has 1 saturated heterocycles. The second-order valence-electron chi connectivity index (χ2n) is 10.3. The van der Waals surface area contributed by atoms with E-state index >= 15 is 0 Å². The second kappa shape index (κ2) is 5.99. The third kappa shape index (κ3) is 2.49. The molecule has 1 aromatic rings. The summed E-state index contributed by atoms with van der Waals surface area (Å²) in [6.07, 6.45) is 9.50. The number of aromatic hydroxyl groups is 1. The second-order valence-corrected chi connectivity index (χ2v) is 10.3. The van der Waals surface area contributed by atoms with E-state index in [1.807, 2.05) is 12.1 Å². The number of carbonyl (C=O) groups excluding carboxylic acids is 1.